The molecule has 0 atom stereocenters. The molecule has 2 heterocycles. The fraction of sp³-hybridized carbons (Fsp3) is 0.522. The van der Waals surface area contributed by atoms with Gasteiger partial charge in [0.1, 0.15) is 23.0 Å². The third-order valence-corrected chi connectivity index (χ3v) is 5.44. The van der Waals surface area contributed by atoms with Gasteiger partial charge in [-0.25, -0.2) is 9.97 Å². The van der Waals surface area contributed by atoms with Gasteiger partial charge in [0, 0.05) is 6.54 Å². The van der Waals surface area contributed by atoms with E-state index < -0.39 is 0 Å². The van der Waals surface area contributed by atoms with Crippen molar-refractivity contribution in [2.45, 2.75) is 77.7 Å². The Labute approximate surface area is 167 Å². The summed E-state index contributed by atoms with van der Waals surface area (Å²) in [5.74, 6) is 0.490. The molecule has 3 rings (SSSR count). The molecular weight excluding hydrogens is 346 g/mol. The zero-order valence-electron chi connectivity index (χ0n) is 17.0. The van der Waals surface area contributed by atoms with Crippen molar-refractivity contribution in [3.63, 3.8) is 0 Å². The molecular formula is C23H31N5. The number of nitrogen functional groups attached to an aromatic ring is 1. The number of aromatic nitrogens is 3. The van der Waals surface area contributed by atoms with Crippen molar-refractivity contribution < 1.29 is 0 Å². The number of unbranched alkanes of at least 4 members (excludes halogenated alkanes) is 9. The van der Waals surface area contributed by atoms with E-state index in [1.807, 2.05) is 28.8 Å². The lowest BCUT2D eigenvalue weighted by Crippen LogP contribution is -2.04. The summed E-state index contributed by atoms with van der Waals surface area (Å²) in [5, 5.41) is 9.54. The van der Waals surface area contributed by atoms with E-state index in [9.17, 15) is 5.26 Å². The van der Waals surface area contributed by atoms with E-state index in [1.165, 1.54) is 57.8 Å². The number of rotatable bonds is 11. The van der Waals surface area contributed by atoms with E-state index in [1.54, 1.807) is 0 Å². The predicted molar refractivity (Wildman–Crippen MR) is 116 cm³/mol. The van der Waals surface area contributed by atoms with Crippen LogP contribution in [0, 0.1) is 11.3 Å². The maximum absolute atomic E-state index is 9.54. The zero-order valence-corrected chi connectivity index (χ0v) is 17.0. The van der Waals surface area contributed by atoms with Crippen molar-refractivity contribution in [1.29, 1.82) is 5.26 Å². The summed E-state index contributed by atoms with van der Waals surface area (Å²) < 4.78 is 1.97. The maximum atomic E-state index is 9.54. The second-order valence-corrected chi connectivity index (χ2v) is 7.59. The van der Waals surface area contributed by atoms with Gasteiger partial charge in [-0.2, -0.15) is 5.26 Å². The molecule has 0 saturated heterocycles. The molecule has 1 aromatic carbocycles. The summed E-state index contributed by atoms with van der Waals surface area (Å²) in [6.07, 6.45) is 12.9. The van der Waals surface area contributed by atoms with Crippen LogP contribution in [0.4, 0.5) is 5.82 Å². The van der Waals surface area contributed by atoms with Gasteiger partial charge >= 0.3 is 0 Å². The molecule has 5 nitrogen and oxygen atoms in total. The highest BCUT2D eigenvalue weighted by Crippen LogP contribution is 2.27. The molecule has 0 amide bonds. The first-order chi connectivity index (χ1) is 13.8. The number of anilines is 1. The first-order valence-corrected chi connectivity index (χ1v) is 10.7. The number of hydrogen-bond acceptors (Lipinski definition) is 4. The SMILES string of the molecule is CCCCCCCCCCCCn1c(N)c(C#N)c2nc3ccccc3nc21. The Bertz CT molecular complexity index is 951. The summed E-state index contributed by atoms with van der Waals surface area (Å²) in [5.41, 5.74) is 9.69. The summed E-state index contributed by atoms with van der Waals surface area (Å²) >= 11 is 0. The fourth-order valence-electron chi connectivity index (χ4n) is 3.81. The van der Waals surface area contributed by atoms with Crippen molar-refractivity contribution in [3.8, 4) is 6.07 Å². The molecule has 0 radical (unpaired) electrons. The average Bonchev–Trinajstić information content (AvgIpc) is 2.97. The second kappa shape index (κ2) is 10.1. The standard InChI is InChI=1S/C23H31N5/c1-2-3-4-5-6-7-8-9-10-13-16-28-22(25)18(17-24)21-23(28)27-20-15-12-11-14-19(20)26-21/h11-12,14-15H,2-10,13,16,25H2,1H3. The van der Waals surface area contributed by atoms with E-state index >= 15 is 0 Å². The van der Waals surface area contributed by atoms with Crippen LogP contribution in [0.25, 0.3) is 22.2 Å². The van der Waals surface area contributed by atoms with Crippen molar-refractivity contribution in [2.24, 2.45) is 0 Å². The highest BCUT2D eigenvalue weighted by Gasteiger charge is 2.18. The number of benzene rings is 1. The fourth-order valence-corrected chi connectivity index (χ4v) is 3.81. The van der Waals surface area contributed by atoms with Crippen LogP contribution in [0.2, 0.25) is 0 Å². The molecule has 0 aliphatic rings. The Balaban J connectivity index is 1.58. The monoisotopic (exact) mass is 377 g/mol. The molecule has 0 bridgehead atoms. The molecule has 0 fully saturated rings. The van der Waals surface area contributed by atoms with Gasteiger partial charge < -0.3 is 10.3 Å². The van der Waals surface area contributed by atoms with Crippen molar-refractivity contribution in [2.75, 3.05) is 5.73 Å². The molecule has 0 aliphatic heterocycles. The molecule has 0 saturated carbocycles. The number of nitriles is 1. The largest absolute Gasteiger partial charge is 0.384 e. The summed E-state index contributed by atoms with van der Waals surface area (Å²) in [4.78, 5) is 9.38. The minimum Gasteiger partial charge on any atom is -0.384 e. The van der Waals surface area contributed by atoms with E-state index in [-0.39, 0.29) is 0 Å². The van der Waals surface area contributed by atoms with Gasteiger partial charge in [-0.05, 0) is 18.6 Å². The van der Waals surface area contributed by atoms with Crippen LogP contribution in [-0.4, -0.2) is 14.5 Å². The highest BCUT2D eigenvalue weighted by molar-refractivity contribution is 5.92. The maximum Gasteiger partial charge on any atom is 0.162 e. The van der Waals surface area contributed by atoms with E-state index in [4.69, 9.17) is 10.7 Å². The van der Waals surface area contributed by atoms with Crippen LogP contribution < -0.4 is 5.73 Å². The van der Waals surface area contributed by atoms with Crippen LogP contribution in [0.15, 0.2) is 24.3 Å². The lowest BCUT2D eigenvalue weighted by atomic mass is 10.1. The lowest BCUT2D eigenvalue weighted by Gasteiger charge is -2.07. The summed E-state index contributed by atoms with van der Waals surface area (Å²) in [7, 11) is 0. The molecule has 0 aliphatic carbocycles. The Morgan fingerprint density at radius 2 is 1.46 bits per heavy atom. The van der Waals surface area contributed by atoms with Crippen LogP contribution in [0.5, 0.6) is 0 Å². The van der Waals surface area contributed by atoms with Gasteiger partial charge in [0.2, 0.25) is 0 Å². The molecule has 0 unspecified atom stereocenters. The minimum absolute atomic E-state index is 0.445. The molecule has 5 heteroatoms. The van der Waals surface area contributed by atoms with Crippen LogP contribution in [0.1, 0.15) is 76.7 Å². The van der Waals surface area contributed by atoms with Gasteiger partial charge in [0.05, 0.1) is 11.0 Å². The Morgan fingerprint density at radius 3 is 2.07 bits per heavy atom. The molecule has 148 valence electrons. The highest BCUT2D eigenvalue weighted by atomic mass is 15.1. The predicted octanol–water partition coefficient (Wildman–Crippen LogP) is 5.96. The first-order valence-electron chi connectivity index (χ1n) is 10.7. The third kappa shape index (κ3) is 4.62. The van der Waals surface area contributed by atoms with Gasteiger partial charge in [0.15, 0.2) is 5.65 Å². The number of para-hydroxylation sites is 2. The van der Waals surface area contributed by atoms with Gasteiger partial charge in [-0.3, -0.25) is 0 Å². The van der Waals surface area contributed by atoms with Crippen LogP contribution >= 0.6 is 0 Å². The number of hydrogen-bond donors (Lipinski definition) is 1. The Hall–Kier alpha value is -2.61. The molecule has 2 N–H and O–H groups in total. The molecule has 2 aromatic heterocycles. The second-order valence-electron chi connectivity index (χ2n) is 7.59. The Kier molecular flexibility index (Phi) is 7.25. The van der Waals surface area contributed by atoms with Crippen molar-refractivity contribution in [1.82, 2.24) is 14.5 Å². The molecule has 0 spiro atoms. The minimum atomic E-state index is 0.445. The van der Waals surface area contributed by atoms with Crippen molar-refractivity contribution in [3.05, 3.63) is 29.8 Å². The first kappa shape index (κ1) is 20.1. The topological polar surface area (TPSA) is 80.5 Å². The number of fused-ring (bicyclic) bond motifs is 2. The van der Waals surface area contributed by atoms with Crippen LogP contribution in [0.3, 0.4) is 0 Å². The third-order valence-electron chi connectivity index (χ3n) is 5.44. The van der Waals surface area contributed by atoms with Crippen molar-refractivity contribution >= 4 is 28.0 Å². The van der Waals surface area contributed by atoms with E-state index in [0.29, 0.717) is 16.9 Å². The number of nitrogens with zero attached hydrogens (tertiary/aromatic N) is 4. The average molecular weight is 378 g/mol. The zero-order chi connectivity index (χ0) is 19.8. The molecule has 28 heavy (non-hydrogen) atoms. The quantitative estimate of drug-likeness (QED) is 0.418. The van der Waals surface area contributed by atoms with E-state index in [0.717, 1.165) is 29.6 Å². The van der Waals surface area contributed by atoms with Gasteiger partial charge in [0.25, 0.3) is 0 Å². The summed E-state index contributed by atoms with van der Waals surface area (Å²) in [6.45, 7) is 3.04. The number of nitrogens with two attached hydrogens (primary N) is 1. The smallest absolute Gasteiger partial charge is 0.162 e. The van der Waals surface area contributed by atoms with Crippen LogP contribution in [-0.2, 0) is 6.54 Å². The lowest BCUT2D eigenvalue weighted by molar-refractivity contribution is 0.539. The Morgan fingerprint density at radius 1 is 0.893 bits per heavy atom. The normalized spacial score (nSPS) is 11.3. The van der Waals surface area contributed by atoms with Gasteiger partial charge in [-0.1, -0.05) is 76.8 Å². The van der Waals surface area contributed by atoms with Gasteiger partial charge in [-0.15, -0.1) is 0 Å². The number of aryl methyl sites for hydroxylation is 1. The molecule has 3 aromatic rings. The van der Waals surface area contributed by atoms with E-state index in [2.05, 4.69) is 18.0 Å². The summed E-state index contributed by atoms with van der Waals surface area (Å²) in [6, 6.07) is 9.96.